The van der Waals surface area contributed by atoms with Gasteiger partial charge in [0.2, 0.25) is 5.91 Å². The fraction of sp³-hybridized carbons (Fsp3) is 0.263. The van der Waals surface area contributed by atoms with Gasteiger partial charge in [-0.05, 0) is 25.3 Å². The highest BCUT2D eigenvalue weighted by Gasteiger charge is 2.22. The normalized spacial score (nSPS) is 15.0. The molecule has 0 bridgehead atoms. The van der Waals surface area contributed by atoms with Gasteiger partial charge in [-0.3, -0.25) is 4.79 Å². The first-order valence-corrected chi connectivity index (χ1v) is 8.87. The molecule has 1 atom stereocenters. The number of hydrogen-bond donors (Lipinski definition) is 1. The van der Waals surface area contributed by atoms with Gasteiger partial charge in [-0.1, -0.05) is 60.3 Å². The Bertz CT molecular complexity index is 778. The van der Waals surface area contributed by atoms with Crippen molar-refractivity contribution in [1.29, 1.82) is 0 Å². The van der Waals surface area contributed by atoms with Crippen LogP contribution in [0.15, 0.2) is 58.2 Å². The molecule has 3 rings (SSSR count). The maximum atomic E-state index is 11.8. The van der Waals surface area contributed by atoms with Crippen LogP contribution in [-0.2, 0) is 4.79 Å². The molecule has 0 saturated carbocycles. The fourth-order valence-electron chi connectivity index (χ4n) is 2.56. The molecule has 0 aliphatic heterocycles. The molecule has 0 radical (unpaired) electrons. The average Bonchev–Trinajstić information content (AvgIpc) is 3.06. The molecule has 2 aromatic rings. The number of nitrogens with one attached hydrogen (secondary N) is 1. The van der Waals surface area contributed by atoms with Crippen LogP contribution < -0.4 is 5.32 Å². The highest BCUT2D eigenvalue weighted by atomic mass is 32.2. The Morgan fingerprint density at radius 2 is 2.12 bits per heavy atom. The summed E-state index contributed by atoms with van der Waals surface area (Å²) in [6.07, 6.45) is 8.20. The molecule has 1 aliphatic rings. The van der Waals surface area contributed by atoms with E-state index in [4.69, 9.17) is 4.42 Å². The second-order valence-corrected chi connectivity index (χ2v) is 6.85. The highest BCUT2D eigenvalue weighted by Crippen LogP contribution is 2.36. The number of oxazole rings is 1. The molecule has 0 saturated heterocycles. The minimum absolute atomic E-state index is 0.0409. The van der Waals surface area contributed by atoms with Crippen molar-refractivity contribution < 1.29 is 9.21 Å². The number of carbonyl (C=O) groups excluding carboxylic acids is 1. The summed E-state index contributed by atoms with van der Waals surface area (Å²) >= 11 is 1.33. The molecule has 1 amide bonds. The largest absolute Gasteiger partial charge is 0.431 e. The van der Waals surface area contributed by atoms with Gasteiger partial charge in [0.1, 0.15) is 5.69 Å². The molecule has 1 aromatic carbocycles. The summed E-state index contributed by atoms with van der Waals surface area (Å²) in [7, 11) is 1.63. The lowest BCUT2D eigenvalue weighted by Crippen LogP contribution is -2.27. The van der Waals surface area contributed by atoms with Crippen LogP contribution in [0.2, 0.25) is 0 Å². The number of carbonyl (C=O) groups is 1. The lowest BCUT2D eigenvalue weighted by molar-refractivity contribution is -0.119. The van der Waals surface area contributed by atoms with Crippen LogP contribution in [0.1, 0.15) is 25.5 Å². The zero-order valence-electron chi connectivity index (χ0n) is 13.8. The number of hydrogen-bond acceptors (Lipinski definition) is 4. The average molecular weight is 340 g/mol. The molecule has 0 fully saturated rings. The first kappa shape index (κ1) is 16.6. The Kier molecular flexibility index (Phi) is 5.20. The van der Waals surface area contributed by atoms with E-state index >= 15 is 0 Å². The predicted octanol–water partition coefficient (Wildman–Crippen LogP) is 4.30. The van der Waals surface area contributed by atoms with Crippen molar-refractivity contribution in [3.63, 3.8) is 0 Å². The van der Waals surface area contributed by atoms with Crippen molar-refractivity contribution >= 4 is 23.2 Å². The molecule has 4 nitrogen and oxygen atoms in total. The number of nitrogens with zero attached hydrogens (tertiary/aromatic N) is 1. The van der Waals surface area contributed by atoms with Crippen LogP contribution in [0, 0.1) is 0 Å². The third-order valence-corrected chi connectivity index (χ3v) is 4.80. The Morgan fingerprint density at radius 1 is 1.33 bits per heavy atom. The summed E-state index contributed by atoms with van der Waals surface area (Å²) in [6, 6.07) is 10.0. The SMILES string of the molecule is CNC(=O)[C@H](C)Sc1nc(-c2ccccc2)c(C2=CC=CCC2)o1. The van der Waals surface area contributed by atoms with Crippen LogP contribution in [-0.4, -0.2) is 23.2 Å². The highest BCUT2D eigenvalue weighted by molar-refractivity contribution is 8.00. The minimum Gasteiger partial charge on any atom is -0.431 e. The number of amides is 1. The molecule has 1 N–H and O–H groups in total. The van der Waals surface area contributed by atoms with Crippen LogP contribution in [0.5, 0.6) is 0 Å². The molecule has 0 spiro atoms. The molecule has 1 aromatic heterocycles. The predicted molar refractivity (Wildman–Crippen MR) is 97.7 cm³/mol. The number of rotatable bonds is 5. The van der Waals surface area contributed by atoms with Gasteiger partial charge >= 0.3 is 0 Å². The van der Waals surface area contributed by atoms with Gasteiger partial charge in [-0.25, -0.2) is 4.98 Å². The second-order valence-electron chi connectivity index (χ2n) is 5.56. The third kappa shape index (κ3) is 3.62. The lowest BCUT2D eigenvalue weighted by atomic mass is 9.99. The standard InChI is InChI=1S/C19H20N2O2S/c1-13(18(22)20-2)24-19-21-16(14-9-5-3-6-10-14)17(23-19)15-11-7-4-8-12-15/h3-7,9-11,13H,8,12H2,1-2H3,(H,20,22)/t13-/m0/s1. The number of allylic oxidation sites excluding steroid dienone is 4. The van der Waals surface area contributed by atoms with E-state index < -0.39 is 0 Å². The summed E-state index contributed by atoms with van der Waals surface area (Å²) in [5.41, 5.74) is 3.00. The molecule has 1 aliphatic carbocycles. The lowest BCUT2D eigenvalue weighted by Gasteiger charge is -2.08. The Balaban J connectivity index is 1.98. The molecule has 5 heteroatoms. The van der Waals surface area contributed by atoms with Gasteiger partial charge in [0, 0.05) is 12.6 Å². The van der Waals surface area contributed by atoms with E-state index in [1.807, 2.05) is 37.3 Å². The minimum atomic E-state index is -0.259. The quantitative estimate of drug-likeness (QED) is 0.825. The molecular weight excluding hydrogens is 320 g/mol. The topological polar surface area (TPSA) is 55.1 Å². The third-order valence-electron chi connectivity index (χ3n) is 3.85. The second kappa shape index (κ2) is 7.53. The molecule has 0 unspecified atom stereocenters. The summed E-state index contributed by atoms with van der Waals surface area (Å²) in [5.74, 6) is 0.762. The van der Waals surface area contributed by atoms with E-state index in [-0.39, 0.29) is 11.2 Å². The van der Waals surface area contributed by atoms with Gasteiger partial charge in [-0.2, -0.15) is 0 Å². The van der Waals surface area contributed by atoms with Gasteiger partial charge in [-0.15, -0.1) is 0 Å². The molecule has 124 valence electrons. The zero-order chi connectivity index (χ0) is 16.9. The van der Waals surface area contributed by atoms with Crippen molar-refractivity contribution in [3.8, 4) is 11.3 Å². The van der Waals surface area contributed by atoms with E-state index in [1.54, 1.807) is 7.05 Å². The van der Waals surface area contributed by atoms with Crippen LogP contribution in [0.3, 0.4) is 0 Å². The number of benzene rings is 1. The monoisotopic (exact) mass is 340 g/mol. The van der Waals surface area contributed by atoms with Gasteiger partial charge in [0.05, 0.1) is 5.25 Å². The molecular formula is C19H20N2O2S. The Morgan fingerprint density at radius 3 is 2.79 bits per heavy atom. The Hall–Kier alpha value is -2.27. The maximum Gasteiger partial charge on any atom is 0.257 e. The summed E-state index contributed by atoms with van der Waals surface area (Å²) in [6.45, 7) is 1.85. The van der Waals surface area contributed by atoms with Crippen molar-refractivity contribution in [2.75, 3.05) is 7.05 Å². The van der Waals surface area contributed by atoms with Crippen LogP contribution >= 0.6 is 11.8 Å². The summed E-state index contributed by atoms with van der Waals surface area (Å²) in [5, 5.41) is 2.92. The van der Waals surface area contributed by atoms with E-state index in [0.29, 0.717) is 5.22 Å². The first-order chi connectivity index (χ1) is 11.7. The molecule has 1 heterocycles. The molecule has 24 heavy (non-hydrogen) atoms. The fourth-order valence-corrected chi connectivity index (χ4v) is 3.36. The van der Waals surface area contributed by atoms with Crippen molar-refractivity contribution in [1.82, 2.24) is 10.3 Å². The van der Waals surface area contributed by atoms with Crippen molar-refractivity contribution in [3.05, 3.63) is 54.3 Å². The van der Waals surface area contributed by atoms with Crippen molar-refractivity contribution in [2.24, 2.45) is 0 Å². The van der Waals surface area contributed by atoms with Crippen molar-refractivity contribution in [2.45, 2.75) is 30.2 Å². The smallest absolute Gasteiger partial charge is 0.257 e. The van der Waals surface area contributed by atoms with E-state index in [1.165, 1.54) is 11.8 Å². The van der Waals surface area contributed by atoms with Gasteiger partial charge < -0.3 is 9.73 Å². The number of aromatic nitrogens is 1. The van der Waals surface area contributed by atoms with E-state index in [0.717, 1.165) is 35.4 Å². The zero-order valence-corrected chi connectivity index (χ0v) is 14.6. The first-order valence-electron chi connectivity index (χ1n) is 7.99. The van der Waals surface area contributed by atoms with Crippen LogP contribution in [0.4, 0.5) is 0 Å². The van der Waals surface area contributed by atoms with Gasteiger partial charge in [0.15, 0.2) is 5.76 Å². The van der Waals surface area contributed by atoms with Crippen LogP contribution in [0.25, 0.3) is 16.8 Å². The maximum absolute atomic E-state index is 11.8. The van der Waals surface area contributed by atoms with E-state index in [2.05, 4.69) is 28.5 Å². The summed E-state index contributed by atoms with van der Waals surface area (Å²) in [4.78, 5) is 16.4. The van der Waals surface area contributed by atoms with E-state index in [9.17, 15) is 4.79 Å². The Labute approximate surface area is 146 Å². The van der Waals surface area contributed by atoms with Gasteiger partial charge in [0.25, 0.3) is 5.22 Å². The number of thioether (sulfide) groups is 1. The summed E-state index contributed by atoms with van der Waals surface area (Å²) < 4.78 is 6.04.